The van der Waals surface area contributed by atoms with Crippen LogP contribution < -0.4 is 5.73 Å². The molecular formula is C11H9FN4S. The maximum Gasteiger partial charge on any atom is 0.214 e. The first-order valence-electron chi connectivity index (χ1n) is 5.02. The van der Waals surface area contributed by atoms with Crippen LogP contribution in [0.3, 0.4) is 0 Å². The average Bonchev–Trinajstić information content (AvgIpc) is 2.79. The maximum atomic E-state index is 13.2. The van der Waals surface area contributed by atoms with Crippen molar-refractivity contribution in [1.29, 1.82) is 0 Å². The molecule has 0 spiro atoms. The number of halogens is 1. The fraction of sp³-hybridized carbons (Fsp3) is 0.0909. The highest BCUT2D eigenvalue weighted by atomic mass is 32.1. The van der Waals surface area contributed by atoms with Crippen LogP contribution in [-0.2, 0) is 0 Å². The van der Waals surface area contributed by atoms with Crippen LogP contribution >= 0.6 is 11.3 Å². The molecule has 6 heteroatoms. The summed E-state index contributed by atoms with van der Waals surface area (Å²) >= 11 is 1.42. The Morgan fingerprint density at radius 3 is 2.94 bits per heavy atom. The van der Waals surface area contributed by atoms with Crippen molar-refractivity contribution in [3.05, 3.63) is 35.8 Å². The van der Waals surface area contributed by atoms with Gasteiger partial charge in [0.05, 0.1) is 6.20 Å². The van der Waals surface area contributed by atoms with Crippen LogP contribution in [0.4, 0.5) is 10.2 Å². The summed E-state index contributed by atoms with van der Waals surface area (Å²) in [6.07, 6.45) is 1.66. The van der Waals surface area contributed by atoms with Crippen LogP contribution in [0, 0.1) is 12.7 Å². The molecule has 0 saturated heterocycles. The molecule has 3 aromatic rings. The van der Waals surface area contributed by atoms with E-state index in [-0.39, 0.29) is 5.82 Å². The second kappa shape index (κ2) is 3.53. The number of nitrogens with zero attached hydrogens (tertiary/aromatic N) is 3. The minimum atomic E-state index is -0.209. The van der Waals surface area contributed by atoms with E-state index in [2.05, 4.69) is 10.1 Å². The van der Waals surface area contributed by atoms with Gasteiger partial charge in [0.15, 0.2) is 0 Å². The fourth-order valence-electron chi connectivity index (χ4n) is 1.61. The maximum absolute atomic E-state index is 13.2. The third-order valence-corrected chi connectivity index (χ3v) is 3.44. The van der Waals surface area contributed by atoms with E-state index in [0.717, 1.165) is 15.5 Å². The summed E-state index contributed by atoms with van der Waals surface area (Å²) in [6, 6.07) is 4.93. The van der Waals surface area contributed by atoms with Crippen molar-refractivity contribution in [2.24, 2.45) is 0 Å². The Kier molecular flexibility index (Phi) is 2.12. The highest BCUT2D eigenvalue weighted by Gasteiger charge is 2.09. The Hall–Kier alpha value is -1.95. The van der Waals surface area contributed by atoms with Gasteiger partial charge in [-0.25, -0.2) is 13.9 Å². The molecule has 86 valence electrons. The third-order valence-electron chi connectivity index (χ3n) is 2.47. The van der Waals surface area contributed by atoms with E-state index in [1.807, 2.05) is 0 Å². The van der Waals surface area contributed by atoms with Crippen molar-refractivity contribution in [3.63, 3.8) is 0 Å². The summed E-state index contributed by atoms with van der Waals surface area (Å²) in [4.78, 5) is 4.86. The van der Waals surface area contributed by atoms with Gasteiger partial charge in [-0.2, -0.15) is 5.10 Å². The number of anilines is 1. The minimum absolute atomic E-state index is 0.209. The van der Waals surface area contributed by atoms with Gasteiger partial charge in [-0.05, 0) is 30.7 Å². The fourth-order valence-corrected chi connectivity index (χ4v) is 2.50. The number of hydrogen-bond donors (Lipinski definition) is 1. The monoisotopic (exact) mass is 248 g/mol. The molecular weight excluding hydrogens is 239 g/mol. The van der Waals surface area contributed by atoms with Crippen LogP contribution in [0.1, 0.15) is 5.56 Å². The molecule has 0 aliphatic rings. The van der Waals surface area contributed by atoms with E-state index < -0.39 is 0 Å². The van der Waals surface area contributed by atoms with Crippen LogP contribution in [0.2, 0.25) is 0 Å². The van der Waals surface area contributed by atoms with Gasteiger partial charge in [0, 0.05) is 5.56 Å². The smallest absolute Gasteiger partial charge is 0.214 e. The van der Waals surface area contributed by atoms with Gasteiger partial charge in [0.2, 0.25) is 4.96 Å². The number of aryl methyl sites for hydroxylation is 1. The number of aromatic nitrogens is 3. The molecule has 0 atom stereocenters. The Balaban J connectivity index is 2.13. The van der Waals surface area contributed by atoms with Crippen molar-refractivity contribution in [1.82, 2.24) is 14.6 Å². The number of hydrogen-bond acceptors (Lipinski definition) is 4. The molecule has 4 nitrogen and oxygen atoms in total. The lowest BCUT2D eigenvalue weighted by molar-refractivity contribution is 0.619. The molecule has 2 aromatic heterocycles. The largest absolute Gasteiger partial charge is 0.382 e. The summed E-state index contributed by atoms with van der Waals surface area (Å²) in [5.74, 6) is 0.241. The van der Waals surface area contributed by atoms with Crippen LogP contribution in [0.15, 0.2) is 24.4 Å². The van der Waals surface area contributed by atoms with E-state index >= 15 is 0 Å². The zero-order chi connectivity index (χ0) is 12.0. The van der Waals surface area contributed by atoms with Crippen molar-refractivity contribution >= 4 is 22.1 Å². The Bertz CT molecular complexity index is 669. The molecule has 3 rings (SSSR count). The Morgan fingerprint density at radius 2 is 2.24 bits per heavy atom. The van der Waals surface area contributed by atoms with Crippen molar-refractivity contribution in [3.8, 4) is 10.6 Å². The Morgan fingerprint density at radius 1 is 1.41 bits per heavy atom. The summed E-state index contributed by atoms with van der Waals surface area (Å²) in [5.41, 5.74) is 7.05. The summed E-state index contributed by atoms with van der Waals surface area (Å²) in [5, 5.41) is 5.15. The molecule has 0 unspecified atom stereocenters. The molecule has 0 radical (unpaired) electrons. The lowest BCUT2D eigenvalue weighted by Crippen LogP contribution is -1.86. The van der Waals surface area contributed by atoms with E-state index in [1.165, 1.54) is 17.4 Å². The summed E-state index contributed by atoms with van der Waals surface area (Å²) in [6.45, 7) is 1.73. The second-order valence-corrected chi connectivity index (χ2v) is 4.72. The Labute approximate surface area is 101 Å². The van der Waals surface area contributed by atoms with Gasteiger partial charge >= 0.3 is 0 Å². The zero-order valence-corrected chi connectivity index (χ0v) is 9.83. The lowest BCUT2D eigenvalue weighted by atomic mass is 10.1. The minimum Gasteiger partial charge on any atom is -0.382 e. The molecule has 17 heavy (non-hydrogen) atoms. The number of nitrogen functional groups attached to an aromatic ring is 1. The molecule has 0 aliphatic carbocycles. The van der Waals surface area contributed by atoms with Crippen LogP contribution in [0.25, 0.3) is 15.5 Å². The number of fused-ring (bicyclic) bond motifs is 1. The van der Waals surface area contributed by atoms with Crippen LogP contribution in [0.5, 0.6) is 0 Å². The molecule has 0 aliphatic heterocycles. The molecule has 0 amide bonds. The topological polar surface area (TPSA) is 56.2 Å². The van der Waals surface area contributed by atoms with E-state index in [9.17, 15) is 4.39 Å². The van der Waals surface area contributed by atoms with Crippen molar-refractivity contribution < 1.29 is 4.39 Å². The number of nitrogens with two attached hydrogens (primary N) is 1. The average molecular weight is 248 g/mol. The predicted octanol–water partition coefficient (Wildman–Crippen LogP) is 2.49. The first-order chi connectivity index (χ1) is 8.13. The number of benzene rings is 1. The molecule has 0 fully saturated rings. The second-order valence-electron chi connectivity index (χ2n) is 3.76. The first kappa shape index (κ1) is 10.2. The molecule has 1 aromatic carbocycles. The molecule has 2 N–H and O–H groups in total. The van der Waals surface area contributed by atoms with Crippen molar-refractivity contribution in [2.75, 3.05) is 5.73 Å². The van der Waals surface area contributed by atoms with E-state index in [1.54, 1.807) is 29.8 Å². The highest BCUT2D eigenvalue weighted by molar-refractivity contribution is 7.19. The summed E-state index contributed by atoms with van der Waals surface area (Å²) in [7, 11) is 0. The zero-order valence-electron chi connectivity index (χ0n) is 9.01. The van der Waals surface area contributed by atoms with Crippen LogP contribution in [-0.4, -0.2) is 14.6 Å². The number of rotatable bonds is 1. The van der Waals surface area contributed by atoms with E-state index in [0.29, 0.717) is 11.4 Å². The SMILES string of the molecule is Cc1cc(-c2nn3cc(N)nc3s2)ccc1F. The van der Waals surface area contributed by atoms with Gasteiger partial charge in [-0.15, -0.1) is 0 Å². The van der Waals surface area contributed by atoms with E-state index in [4.69, 9.17) is 5.73 Å². The normalized spacial score (nSPS) is 11.2. The third kappa shape index (κ3) is 1.66. The number of imidazole rings is 1. The lowest BCUT2D eigenvalue weighted by Gasteiger charge is -1.98. The standard InChI is InChI=1S/C11H9FN4S/c1-6-4-7(2-3-8(6)12)10-15-16-5-9(13)14-11(16)17-10/h2-5H,13H2,1H3. The van der Waals surface area contributed by atoms with Gasteiger partial charge in [-0.1, -0.05) is 11.3 Å². The van der Waals surface area contributed by atoms with Gasteiger partial charge < -0.3 is 5.73 Å². The van der Waals surface area contributed by atoms with Gasteiger partial charge in [0.1, 0.15) is 16.6 Å². The predicted molar refractivity (Wildman–Crippen MR) is 65.4 cm³/mol. The molecule has 2 heterocycles. The first-order valence-corrected chi connectivity index (χ1v) is 5.83. The summed E-state index contributed by atoms with van der Waals surface area (Å²) < 4.78 is 14.8. The van der Waals surface area contributed by atoms with Gasteiger partial charge in [0.25, 0.3) is 0 Å². The molecule has 0 bridgehead atoms. The quantitative estimate of drug-likeness (QED) is 0.719. The van der Waals surface area contributed by atoms with Crippen molar-refractivity contribution in [2.45, 2.75) is 6.92 Å². The molecule has 0 saturated carbocycles. The van der Waals surface area contributed by atoms with Gasteiger partial charge in [-0.3, -0.25) is 0 Å². The highest BCUT2D eigenvalue weighted by Crippen LogP contribution is 2.27.